The van der Waals surface area contributed by atoms with Crippen molar-refractivity contribution in [3.63, 3.8) is 0 Å². The highest BCUT2D eigenvalue weighted by Crippen LogP contribution is 2.34. The fourth-order valence-corrected chi connectivity index (χ4v) is 3.10. The normalized spacial score (nSPS) is 11.5. The molecule has 0 aliphatic heterocycles. The molecule has 28 heavy (non-hydrogen) atoms. The molecule has 0 N–H and O–H groups in total. The Labute approximate surface area is 159 Å². The molecule has 0 aliphatic carbocycles. The van der Waals surface area contributed by atoms with Crippen LogP contribution in [-0.4, -0.2) is 4.57 Å². The van der Waals surface area contributed by atoms with Crippen LogP contribution in [0.25, 0.3) is 11.5 Å². The summed E-state index contributed by atoms with van der Waals surface area (Å²) in [5.74, 6) is 0.632. The minimum absolute atomic E-state index is 0.0207. The molecule has 0 saturated carbocycles. The fourth-order valence-electron chi connectivity index (χ4n) is 3.10. The van der Waals surface area contributed by atoms with Gasteiger partial charge < -0.3 is 4.42 Å². The Bertz CT molecular complexity index is 1150. The van der Waals surface area contributed by atoms with Gasteiger partial charge in [0.05, 0.1) is 17.8 Å². The number of aromatic nitrogens is 1. The number of pyridine rings is 1. The maximum atomic E-state index is 13.5. The molecular weight excluding hydrogens is 369 g/mol. The first-order valence-electron chi connectivity index (χ1n) is 8.50. The van der Waals surface area contributed by atoms with Crippen molar-refractivity contribution in [1.29, 1.82) is 5.26 Å². The van der Waals surface area contributed by atoms with E-state index in [4.69, 9.17) is 4.42 Å². The molecule has 4 nitrogen and oxygen atoms in total. The number of rotatable bonds is 3. The van der Waals surface area contributed by atoms with Crippen molar-refractivity contribution in [3.8, 4) is 17.5 Å². The second-order valence-electron chi connectivity index (χ2n) is 6.66. The van der Waals surface area contributed by atoms with E-state index in [2.05, 4.69) is 0 Å². The summed E-state index contributed by atoms with van der Waals surface area (Å²) in [6.07, 6.45) is -4.83. The summed E-state index contributed by atoms with van der Waals surface area (Å²) in [7, 11) is 0. The van der Waals surface area contributed by atoms with E-state index < -0.39 is 22.9 Å². The van der Waals surface area contributed by atoms with Gasteiger partial charge in [0.1, 0.15) is 17.4 Å². The van der Waals surface area contributed by atoms with Crippen LogP contribution >= 0.6 is 0 Å². The molecule has 0 aliphatic rings. The van der Waals surface area contributed by atoms with Gasteiger partial charge in [0.15, 0.2) is 5.76 Å². The Morgan fingerprint density at radius 3 is 2.36 bits per heavy atom. The monoisotopic (exact) mass is 386 g/mol. The van der Waals surface area contributed by atoms with E-state index in [9.17, 15) is 23.2 Å². The van der Waals surface area contributed by atoms with Gasteiger partial charge in [0.25, 0.3) is 5.56 Å². The van der Waals surface area contributed by atoms with Crippen molar-refractivity contribution in [2.24, 2.45) is 0 Å². The highest BCUT2D eigenvalue weighted by atomic mass is 19.4. The number of aryl methyl sites for hydroxylation is 3. The van der Waals surface area contributed by atoms with Gasteiger partial charge in [-0.05, 0) is 50.1 Å². The summed E-state index contributed by atoms with van der Waals surface area (Å²) in [6, 6.07) is 10.9. The molecule has 0 amide bonds. The number of alkyl halides is 3. The molecule has 0 saturated heterocycles. The minimum Gasteiger partial charge on any atom is -0.460 e. The Balaban J connectivity index is 2.31. The number of hydrogen-bond acceptors (Lipinski definition) is 3. The summed E-state index contributed by atoms with van der Waals surface area (Å²) < 4.78 is 47.0. The molecule has 3 aromatic rings. The number of nitriles is 1. The highest BCUT2D eigenvalue weighted by molar-refractivity contribution is 5.58. The van der Waals surface area contributed by atoms with Gasteiger partial charge in [-0.3, -0.25) is 9.36 Å². The second-order valence-corrected chi connectivity index (χ2v) is 6.66. The summed E-state index contributed by atoms with van der Waals surface area (Å²) >= 11 is 0. The lowest BCUT2D eigenvalue weighted by molar-refractivity contribution is -0.137. The first-order chi connectivity index (χ1) is 13.1. The molecule has 0 bridgehead atoms. The predicted molar refractivity (Wildman–Crippen MR) is 97.9 cm³/mol. The molecule has 7 heteroatoms. The first-order valence-corrected chi connectivity index (χ1v) is 8.50. The zero-order chi connectivity index (χ0) is 20.6. The van der Waals surface area contributed by atoms with Crippen molar-refractivity contribution >= 4 is 0 Å². The molecule has 144 valence electrons. The fraction of sp³-hybridized carbons (Fsp3) is 0.238. The van der Waals surface area contributed by atoms with Gasteiger partial charge >= 0.3 is 6.18 Å². The van der Waals surface area contributed by atoms with E-state index in [0.29, 0.717) is 5.76 Å². The SMILES string of the molecule is Cc1ccc(Cn2c(-c3ccc(C)o3)cc(C(F)(F)F)c(C#N)c2=O)c(C)c1. The Kier molecular flexibility index (Phi) is 4.90. The summed E-state index contributed by atoms with van der Waals surface area (Å²) in [5, 5.41) is 9.22. The van der Waals surface area contributed by atoms with Crippen LogP contribution in [0.1, 0.15) is 33.6 Å². The molecule has 3 rings (SSSR count). The van der Waals surface area contributed by atoms with Crippen LogP contribution in [0.5, 0.6) is 0 Å². The number of hydrogen-bond donors (Lipinski definition) is 0. The molecule has 0 spiro atoms. The average Bonchev–Trinajstić information content (AvgIpc) is 3.03. The molecule has 0 radical (unpaired) electrons. The van der Waals surface area contributed by atoms with Crippen LogP contribution in [0.2, 0.25) is 0 Å². The van der Waals surface area contributed by atoms with Gasteiger partial charge in [0.2, 0.25) is 0 Å². The molecule has 0 atom stereocenters. The van der Waals surface area contributed by atoms with Gasteiger partial charge in [-0.25, -0.2) is 0 Å². The molecule has 0 unspecified atom stereocenters. The lowest BCUT2D eigenvalue weighted by atomic mass is 10.0. The van der Waals surface area contributed by atoms with Crippen LogP contribution in [0, 0.1) is 32.1 Å². The van der Waals surface area contributed by atoms with Crippen molar-refractivity contribution in [3.05, 3.63) is 80.3 Å². The van der Waals surface area contributed by atoms with E-state index in [1.54, 1.807) is 13.0 Å². The summed E-state index contributed by atoms with van der Waals surface area (Å²) in [4.78, 5) is 12.8. The summed E-state index contributed by atoms with van der Waals surface area (Å²) in [6.45, 7) is 5.46. The number of halogens is 3. The topological polar surface area (TPSA) is 58.9 Å². The third-order valence-electron chi connectivity index (χ3n) is 4.54. The van der Waals surface area contributed by atoms with Crippen LogP contribution in [0.4, 0.5) is 13.2 Å². The average molecular weight is 386 g/mol. The van der Waals surface area contributed by atoms with E-state index in [1.165, 1.54) is 12.1 Å². The Morgan fingerprint density at radius 2 is 1.82 bits per heavy atom. The van der Waals surface area contributed by atoms with Gasteiger partial charge in [-0.15, -0.1) is 0 Å². The quantitative estimate of drug-likeness (QED) is 0.638. The lowest BCUT2D eigenvalue weighted by Crippen LogP contribution is -2.28. The standard InChI is InChI=1S/C21H17F3N2O2/c1-12-4-6-15(13(2)8-12)11-26-18(19-7-5-14(3)28-19)9-17(21(22,23)24)16(10-25)20(26)27/h4-9H,11H2,1-3H3. The molecule has 0 fully saturated rings. The maximum absolute atomic E-state index is 13.5. The van der Waals surface area contributed by atoms with Crippen LogP contribution in [0.15, 0.2) is 45.6 Å². The number of nitrogens with zero attached hydrogens (tertiary/aromatic N) is 2. The zero-order valence-electron chi connectivity index (χ0n) is 15.5. The van der Waals surface area contributed by atoms with Crippen molar-refractivity contribution in [2.45, 2.75) is 33.5 Å². The Morgan fingerprint density at radius 1 is 1.11 bits per heavy atom. The molecule has 1 aromatic carbocycles. The zero-order valence-corrected chi connectivity index (χ0v) is 15.5. The highest BCUT2D eigenvalue weighted by Gasteiger charge is 2.37. The molecule has 2 aromatic heterocycles. The van der Waals surface area contributed by atoms with Crippen molar-refractivity contribution < 1.29 is 17.6 Å². The van der Waals surface area contributed by atoms with E-state index >= 15 is 0 Å². The van der Waals surface area contributed by atoms with E-state index in [1.807, 2.05) is 32.0 Å². The van der Waals surface area contributed by atoms with Crippen LogP contribution in [0.3, 0.4) is 0 Å². The van der Waals surface area contributed by atoms with Crippen molar-refractivity contribution in [1.82, 2.24) is 4.57 Å². The first kappa shape index (κ1) is 19.5. The third kappa shape index (κ3) is 3.58. The smallest absolute Gasteiger partial charge is 0.417 e. The van der Waals surface area contributed by atoms with Gasteiger partial charge in [-0.1, -0.05) is 23.8 Å². The van der Waals surface area contributed by atoms with Crippen LogP contribution in [-0.2, 0) is 12.7 Å². The Hall–Kier alpha value is -3.27. The van der Waals surface area contributed by atoms with E-state index in [-0.39, 0.29) is 18.0 Å². The van der Waals surface area contributed by atoms with Crippen LogP contribution < -0.4 is 5.56 Å². The number of furan rings is 1. The largest absolute Gasteiger partial charge is 0.460 e. The van der Waals surface area contributed by atoms with Crippen molar-refractivity contribution in [2.75, 3.05) is 0 Å². The maximum Gasteiger partial charge on any atom is 0.417 e. The van der Waals surface area contributed by atoms with E-state index in [0.717, 1.165) is 27.3 Å². The predicted octanol–water partition coefficient (Wildman–Crippen LogP) is 4.97. The lowest BCUT2D eigenvalue weighted by Gasteiger charge is -2.17. The minimum atomic E-state index is -4.83. The molecular formula is C21H17F3N2O2. The third-order valence-corrected chi connectivity index (χ3v) is 4.54. The molecule has 2 heterocycles. The second kappa shape index (κ2) is 7.04. The number of benzene rings is 1. The van der Waals surface area contributed by atoms with Gasteiger partial charge in [-0.2, -0.15) is 18.4 Å². The summed E-state index contributed by atoms with van der Waals surface area (Å²) in [5.41, 5.74) is -0.524. The van der Waals surface area contributed by atoms with Gasteiger partial charge in [0, 0.05) is 0 Å².